The van der Waals surface area contributed by atoms with Crippen LogP contribution in [0.15, 0.2) is 12.1 Å². The van der Waals surface area contributed by atoms with Gasteiger partial charge in [-0.1, -0.05) is 11.6 Å². The normalized spacial score (nSPS) is 26.6. The quantitative estimate of drug-likeness (QED) is 0.675. The van der Waals surface area contributed by atoms with Crippen LogP contribution in [0.2, 0.25) is 5.02 Å². The first-order valence-electron chi connectivity index (χ1n) is 10.7. The predicted octanol–water partition coefficient (Wildman–Crippen LogP) is 2.19. The average Bonchev–Trinajstić information content (AvgIpc) is 3.28. The third-order valence-electron chi connectivity index (χ3n) is 7.07. The zero-order valence-corrected chi connectivity index (χ0v) is 18.3. The molecule has 2 unspecified atom stereocenters. The van der Waals surface area contributed by atoms with Crippen molar-refractivity contribution in [2.24, 2.45) is 5.73 Å². The van der Waals surface area contributed by atoms with Crippen LogP contribution in [0.5, 0.6) is 0 Å². The monoisotopic (exact) mass is 459 g/mol. The highest BCUT2D eigenvalue weighted by molar-refractivity contribution is 6.33. The number of halogens is 4. The van der Waals surface area contributed by atoms with E-state index in [1.165, 1.54) is 12.5 Å². The van der Waals surface area contributed by atoms with Crippen molar-refractivity contribution in [2.75, 3.05) is 39.0 Å². The lowest BCUT2D eigenvalue weighted by molar-refractivity contribution is -0.137. The molecule has 3 aliphatic heterocycles. The van der Waals surface area contributed by atoms with Crippen molar-refractivity contribution < 1.29 is 18.0 Å². The highest BCUT2D eigenvalue weighted by atomic mass is 35.5. The van der Waals surface area contributed by atoms with Gasteiger partial charge < -0.3 is 21.3 Å². The molecule has 0 saturated carbocycles. The molecule has 3 fully saturated rings. The van der Waals surface area contributed by atoms with Gasteiger partial charge in [0.2, 0.25) is 5.91 Å². The van der Waals surface area contributed by atoms with Gasteiger partial charge in [0.1, 0.15) is 0 Å². The summed E-state index contributed by atoms with van der Waals surface area (Å²) in [5, 5.41) is -0.184. The van der Waals surface area contributed by atoms with E-state index >= 15 is 0 Å². The van der Waals surface area contributed by atoms with Gasteiger partial charge in [-0.15, -0.1) is 0 Å². The second-order valence-corrected chi connectivity index (χ2v) is 9.49. The molecule has 1 amide bonds. The van der Waals surface area contributed by atoms with E-state index in [0.717, 1.165) is 32.0 Å². The fourth-order valence-corrected chi connectivity index (χ4v) is 5.61. The molecule has 3 saturated heterocycles. The Bertz CT molecular complexity index is 841. The second-order valence-electron chi connectivity index (χ2n) is 9.08. The first-order chi connectivity index (χ1) is 14.5. The molecule has 4 rings (SSSR count). The van der Waals surface area contributed by atoms with Gasteiger partial charge in [0.25, 0.3) is 0 Å². The van der Waals surface area contributed by atoms with Gasteiger partial charge in [-0.3, -0.25) is 9.69 Å². The Hall–Kier alpha value is -1.55. The number of piperazine rings is 1. The third kappa shape index (κ3) is 4.51. The number of amides is 1. The maximum absolute atomic E-state index is 13.2. The number of nitrogens with two attached hydrogens (primary N) is 2. The fourth-order valence-electron chi connectivity index (χ4n) is 5.36. The van der Waals surface area contributed by atoms with E-state index in [9.17, 15) is 18.0 Å². The van der Waals surface area contributed by atoms with Crippen LogP contribution in [0.4, 0.5) is 18.9 Å². The summed E-state index contributed by atoms with van der Waals surface area (Å²) in [6.07, 6.45) is -1.62. The highest BCUT2D eigenvalue weighted by Gasteiger charge is 2.44. The summed E-state index contributed by atoms with van der Waals surface area (Å²) in [5.74, 6) is -0.234. The van der Waals surface area contributed by atoms with Crippen LogP contribution >= 0.6 is 11.6 Å². The Morgan fingerprint density at radius 2 is 1.87 bits per heavy atom. The van der Waals surface area contributed by atoms with Crippen molar-refractivity contribution in [1.82, 2.24) is 14.7 Å². The standard InChI is InChI=1S/C21H29ClF3N5O/c1-28-10-15-9-14(28)11-30(15)13-2-4-29(5-3-13)20(31)18(26)8-12-6-16(21(23,24)25)19(27)17(22)7-12/h6-7,13-15,18H,2-5,8-11,26-27H2,1H3/t14?,15?,18-/m1/s1. The van der Waals surface area contributed by atoms with E-state index in [2.05, 4.69) is 16.8 Å². The van der Waals surface area contributed by atoms with Crippen LogP contribution in [0.3, 0.4) is 0 Å². The van der Waals surface area contributed by atoms with E-state index in [1.807, 2.05) is 0 Å². The molecule has 6 nitrogen and oxygen atoms in total. The SMILES string of the molecule is CN1CC2CC1CN2C1CCN(C(=O)[C@H](N)Cc2cc(Cl)c(N)c(C(F)(F)F)c2)CC1. The van der Waals surface area contributed by atoms with Crippen LogP contribution < -0.4 is 11.5 Å². The smallest absolute Gasteiger partial charge is 0.397 e. The van der Waals surface area contributed by atoms with E-state index in [-0.39, 0.29) is 22.9 Å². The molecule has 3 aliphatic rings. The van der Waals surface area contributed by atoms with Crippen LogP contribution in [0, 0.1) is 0 Å². The molecular weight excluding hydrogens is 431 g/mol. The number of carbonyl (C=O) groups is 1. The van der Waals surface area contributed by atoms with Crippen LogP contribution in [-0.4, -0.2) is 78.0 Å². The lowest BCUT2D eigenvalue weighted by Gasteiger charge is -2.42. The Labute approximate surface area is 185 Å². The Morgan fingerprint density at radius 1 is 1.19 bits per heavy atom. The van der Waals surface area contributed by atoms with Crippen LogP contribution in [-0.2, 0) is 17.4 Å². The van der Waals surface area contributed by atoms with Crippen molar-refractivity contribution in [1.29, 1.82) is 0 Å². The van der Waals surface area contributed by atoms with Crippen molar-refractivity contribution >= 4 is 23.2 Å². The van der Waals surface area contributed by atoms with Crippen molar-refractivity contribution in [3.05, 3.63) is 28.3 Å². The fraction of sp³-hybridized carbons (Fsp3) is 0.667. The predicted molar refractivity (Wildman–Crippen MR) is 114 cm³/mol. The topological polar surface area (TPSA) is 78.8 Å². The van der Waals surface area contributed by atoms with Gasteiger partial charge in [-0.05, 0) is 50.4 Å². The Balaban J connectivity index is 1.34. The summed E-state index contributed by atoms with van der Waals surface area (Å²) < 4.78 is 39.6. The van der Waals surface area contributed by atoms with Gasteiger partial charge in [-0.2, -0.15) is 13.2 Å². The van der Waals surface area contributed by atoms with E-state index in [0.29, 0.717) is 31.2 Å². The number of alkyl halides is 3. The van der Waals surface area contributed by atoms with Crippen molar-refractivity contribution in [3.63, 3.8) is 0 Å². The molecule has 31 heavy (non-hydrogen) atoms. The number of rotatable bonds is 4. The number of likely N-dealkylation sites (N-methyl/N-ethyl adjacent to an activating group) is 1. The van der Waals surface area contributed by atoms with E-state index in [4.69, 9.17) is 23.1 Å². The van der Waals surface area contributed by atoms with Gasteiger partial charge in [0.15, 0.2) is 0 Å². The molecule has 2 bridgehead atoms. The molecule has 0 aromatic heterocycles. The Kier molecular flexibility index (Phi) is 6.15. The molecule has 0 radical (unpaired) electrons. The van der Waals surface area contributed by atoms with Gasteiger partial charge in [0, 0.05) is 44.3 Å². The molecule has 172 valence electrons. The summed E-state index contributed by atoms with van der Waals surface area (Å²) in [5.41, 5.74) is 10.3. The van der Waals surface area contributed by atoms with Crippen molar-refractivity contribution in [2.45, 2.75) is 56.0 Å². The van der Waals surface area contributed by atoms with Gasteiger partial charge in [0.05, 0.1) is 22.3 Å². The second kappa shape index (κ2) is 8.42. The maximum atomic E-state index is 13.2. The number of nitrogen functional groups attached to an aromatic ring is 1. The summed E-state index contributed by atoms with van der Waals surface area (Å²) in [6, 6.07) is 3.10. The van der Waals surface area contributed by atoms with Crippen LogP contribution in [0.25, 0.3) is 0 Å². The summed E-state index contributed by atoms with van der Waals surface area (Å²) in [6.45, 7) is 3.45. The van der Waals surface area contributed by atoms with E-state index < -0.39 is 23.5 Å². The minimum absolute atomic E-state index is 0.0238. The molecule has 10 heteroatoms. The first-order valence-corrected chi connectivity index (χ1v) is 11.1. The largest absolute Gasteiger partial charge is 0.418 e. The number of anilines is 1. The van der Waals surface area contributed by atoms with Crippen molar-refractivity contribution in [3.8, 4) is 0 Å². The molecule has 0 spiro atoms. The highest BCUT2D eigenvalue weighted by Crippen LogP contribution is 2.38. The Morgan fingerprint density at radius 3 is 2.42 bits per heavy atom. The molecule has 1 aromatic rings. The number of nitrogens with zero attached hydrogens (tertiary/aromatic N) is 3. The summed E-state index contributed by atoms with van der Waals surface area (Å²) in [4.78, 5) is 19.6. The zero-order chi connectivity index (χ0) is 22.5. The third-order valence-corrected chi connectivity index (χ3v) is 7.38. The molecule has 3 heterocycles. The lowest BCUT2D eigenvalue weighted by atomic mass is 9.98. The van der Waals surface area contributed by atoms with E-state index in [1.54, 1.807) is 4.90 Å². The first kappa shape index (κ1) is 22.6. The molecular formula is C21H29ClF3N5O. The number of benzene rings is 1. The van der Waals surface area contributed by atoms with Gasteiger partial charge >= 0.3 is 6.18 Å². The minimum Gasteiger partial charge on any atom is -0.397 e. The average molecular weight is 460 g/mol. The lowest BCUT2D eigenvalue weighted by Crippen LogP contribution is -2.55. The molecule has 4 N–H and O–H groups in total. The molecule has 1 aromatic carbocycles. The summed E-state index contributed by atoms with van der Waals surface area (Å²) >= 11 is 5.88. The number of hydrogen-bond donors (Lipinski definition) is 2. The number of carbonyl (C=O) groups excluding carboxylic acids is 1. The van der Waals surface area contributed by atoms with Gasteiger partial charge in [-0.25, -0.2) is 0 Å². The number of fused-ring (bicyclic) bond motifs is 2. The maximum Gasteiger partial charge on any atom is 0.418 e. The number of hydrogen-bond acceptors (Lipinski definition) is 5. The zero-order valence-electron chi connectivity index (χ0n) is 17.5. The molecule has 3 atom stereocenters. The number of piperidine rings is 1. The molecule has 0 aliphatic carbocycles. The van der Waals surface area contributed by atoms with Crippen LogP contribution in [0.1, 0.15) is 30.4 Å². The minimum atomic E-state index is -4.62. The number of likely N-dealkylation sites (tertiary alicyclic amines) is 3. The summed E-state index contributed by atoms with van der Waals surface area (Å²) in [7, 11) is 2.18.